The zero-order chi connectivity index (χ0) is 20.9. The number of para-hydroxylation sites is 1. The number of nitrogens with one attached hydrogen (secondary N) is 2. The number of aromatic hydroxyl groups is 1. The lowest BCUT2D eigenvalue weighted by Crippen LogP contribution is -2.26. The van der Waals surface area contributed by atoms with Crippen LogP contribution in [0.3, 0.4) is 0 Å². The van der Waals surface area contributed by atoms with Crippen molar-refractivity contribution in [3.8, 4) is 17.5 Å². The number of aromatic nitrogens is 2. The molecular formula is C24H20N4O2. The van der Waals surface area contributed by atoms with Gasteiger partial charge in [0.2, 0.25) is 0 Å². The van der Waals surface area contributed by atoms with E-state index in [9.17, 15) is 15.2 Å². The average molecular weight is 396 g/mol. The molecule has 1 amide bonds. The Labute approximate surface area is 173 Å². The van der Waals surface area contributed by atoms with Crippen molar-refractivity contribution in [2.45, 2.75) is 6.42 Å². The second-order valence-corrected chi connectivity index (χ2v) is 6.85. The Morgan fingerprint density at radius 1 is 1.13 bits per heavy atom. The molecule has 0 atom stereocenters. The second-order valence-electron chi connectivity index (χ2n) is 6.85. The number of H-pyrrole nitrogens is 1. The van der Waals surface area contributed by atoms with E-state index in [-0.39, 0.29) is 11.3 Å². The summed E-state index contributed by atoms with van der Waals surface area (Å²) in [7, 11) is 0. The SMILES string of the molecule is N#C/C(=C/c1cccn1-c1ccc(O)cc1)C(=O)NCCc1c[nH]c2ccccc12. The molecule has 0 radical (unpaired) electrons. The van der Waals surface area contributed by atoms with Crippen LogP contribution in [0.4, 0.5) is 0 Å². The van der Waals surface area contributed by atoms with Gasteiger partial charge in [0.15, 0.2) is 0 Å². The normalized spacial score (nSPS) is 11.4. The summed E-state index contributed by atoms with van der Waals surface area (Å²) < 4.78 is 1.84. The van der Waals surface area contributed by atoms with E-state index < -0.39 is 5.91 Å². The monoisotopic (exact) mass is 396 g/mol. The first-order valence-electron chi connectivity index (χ1n) is 9.57. The summed E-state index contributed by atoms with van der Waals surface area (Å²) in [5.74, 6) is -0.230. The van der Waals surface area contributed by atoms with Crippen LogP contribution >= 0.6 is 0 Å². The summed E-state index contributed by atoms with van der Waals surface area (Å²) in [5.41, 5.74) is 3.73. The summed E-state index contributed by atoms with van der Waals surface area (Å²) >= 11 is 0. The number of hydrogen-bond donors (Lipinski definition) is 3. The van der Waals surface area contributed by atoms with Gasteiger partial charge in [-0.15, -0.1) is 0 Å². The third-order valence-electron chi connectivity index (χ3n) is 4.92. The first kappa shape index (κ1) is 19.1. The minimum Gasteiger partial charge on any atom is -0.508 e. The molecule has 0 unspecified atom stereocenters. The number of phenols is 1. The first-order valence-corrected chi connectivity index (χ1v) is 9.57. The molecule has 2 heterocycles. The number of carbonyl (C=O) groups excluding carboxylic acids is 1. The molecule has 2 aromatic carbocycles. The lowest BCUT2D eigenvalue weighted by atomic mass is 10.1. The molecule has 0 saturated heterocycles. The van der Waals surface area contributed by atoms with Crippen molar-refractivity contribution in [2.75, 3.05) is 6.54 Å². The van der Waals surface area contributed by atoms with E-state index in [0.717, 1.165) is 22.2 Å². The molecule has 3 N–H and O–H groups in total. The summed E-state index contributed by atoms with van der Waals surface area (Å²) in [5, 5.41) is 22.9. The maximum absolute atomic E-state index is 12.5. The molecule has 4 aromatic rings. The number of nitriles is 1. The van der Waals surface area contributed by atoms with Crippen LogP contribution < -0.4 is 5.32 Å². The Bertz CT molecular complexity index is 1260. The Kier molecular flexibility index (Phi) is 5.35. The molecule has 4 rings (SSSR count). The second kappa shape index (κ2) is 8.41. The zero-order valence-corrected chi connectivity index (χ0v) is 16.2. The lowest BCUT2D eigenvalue weighted by Gasteiger charge is -2.08. The van der Waals surface area contributed by atoms with Crippen molar-refractivity contribution in [1.82, 2.24) is 14.9 Å². The van der Waals surface area contributed by atoms with E-state index in [1.807, 2.05) is 59.4 Å². The van der Waals surface area contributed by atoms with Gasteiger partial charge in [-0.2, -0.15) is 5.26 Å². The van der Waals surface area contributed by atoms with E-state index in [4.69, 9.17) is 0 Å². The van der Waals surface area contributed by atoms with Gasteiger partial charge in [0.1, 0.15) is 17.4 Å². The molecule has 148 valence electrons. The molecule has 0 bridgehead atoms. The van der Waals surface area contributed by atoms with Gasteiger partial charge in [0.25, 0.3) is 5.91 Å². The highest BCUT2D eigenvalue weighted by atomic mass is 16.3. The van der Waals surface area contributed by atoms with Crippen LogP contribution in [-0.4, -0.2) is 27.1 Å². The van der Waals surface area contributed by atoms with Gasteiger partial charge in [-0.1, -0.05) is 18.2 Å². The summed E-state index contributed by atoms with van der Waals surface area (Å²) in [6.07, 6.45) is 6.01. The highest BCUT2D eigenvalue weighted by Gasteiger charge is 2.11. The number of hydrogen-bond acceptors (Lipinski definition) is 3. The van der Waals surface area contributed by atoms with Crippen molar-refractivity contribution >= 4 is 22.9 Å². The van der Waals surface area contributed by atoms with Gasteiger partial charge in [-0.3, -0.25) is 4.79 Å². The average Bonchev–Trinajstić information content (AvgIpc) is 3.39. The molecule has 0 saturated carbocycles. The van der Waals surface area contributed by atoms with E-state index >= 15 is 0 Å². The third-order valence-corrected chi connectivity index (χ3v) is 4.92. The van der Waals surface area contributed by atoms with E-state index in [1.165, 1.54) is 0 Å². The third kappa shape index (κ3) is 3.96. The van der Waals surface area contributed by atoms with Crippen molar-refractivity contribution in [1.29, 1.82) is 5.26 Å². The summed E-state index contributed by atoms with van der Waals surface area (Å²) in [6, 6.07) is 20.4. The van der Waals surface area contributed by atoms with Crippen LogP contribution in [-0.2, 0) is 11.2 Å². The van der Waals surface area contributed by atoms with Crippen LogP contribution in [0.25, 0.3) is 22.7 Å². The van der Waals surface area contributed by atoms with E-state index in [2.05, 4.69) is 10.3 Å². The van der Waals surface area contributed by atoms with E-state index in [0.29, 0.717) is 18.7 Å². The Balaban J connectivity index is 1.46. The number of benzene rings is 2. The summed E-state index contributed by atoms with van der Waals surface area (Å²) in [6.45, 7) is 0.429. The predicted molar refractivity (Wildman–Crippen MR) is 116 cm³/mol. The molecular weight excluding hydrogens is 376 g/mol. The molecule has 30 heavy (non-hydrogen) atoms. The number of rotatable bonds is 6. The zero-order valence-electron chi connectivity index (χ0n) is 16.2. The Hall–Kier alpha value is -4.24. The number of aromatic amines is 1. The molecule has 0 aliphatic carbocycles. The van der Waals surface area contributed by atoms with Gasteiger partial charge in [-0.25, -0.2) is 0 Å². The van der Waals surface area contributed by atoms with Crippen molar-refractivity contribution in [3.63, 3.8) is 0 Å². The highest BCUT2D eigenvalue weighted by Crippen LogP contribution is 2.19. The van der Waals surface area contributed by atoms with Gasteiger partial charge in [0.05, 0.1) is 0 Å². The fraction of sp³-hybridized carbons (Fsp3) is 0.0833. The summed E-state index contributed by atoms with van der Waals surface area (Å²) in [4.78, 5) is 15.8. The Morgan fingerprint density at radius 3 is 2.73 bits per heavy atom. The van der Waals surface area contributed by atoms with Crippen molar-refractivity contribution < 1.29 is 9.90 Å². The van der Waals surface area contributed by atoms with Crippen LogP contribution in [0.15, 0.2) is 78.6 Å². The van der Waals surface area contributed by atoms with Crippen LogP contribution in [0, 0.1) is 11.3 Å². The van der Waals surface area contributed by atoms with Crippen LogP contribution in [0.1, 0.15) is 11.3 Å². The minimum atomic E-state index is -0.407. The number of nitrogens with zero attached hydrogens (tertiary/aromatic N) is 2. The maximum Gasteiger partial charge on any atom is 0.262 e. The minimum absolute atomic E-state index is 0.0349. The number of amides is 1. The molecule has 6 nitrogen and oxygen atoms in total. The quantitative estimate of drug-likeness (QED) is 0.340. The smallest absolute Gasteiger partial charge is 0.262 e. The fourth-order valence-corrected chi connectivity index (χ4v) is 3.40. The van der Waals surface area contributed by atoms with E-state index in [1.54, 1.807) is 30.3 Å². The molecule has 0 aliphatic rings. The van der Waals surface area contributed by atoms with Gasteiger partial charge >= 0.3 is 0 Å². The number of phenolic OH excluding ortho intramolecular Hbond substituents is 1. The fourth-order valence-electron chi connectivity index (χ4n) is 3.40. The number of carbonyl (C=O) groups is 1. The predicted octanol–water partition coefficient (Wildman–Crippen LogP) is 3.93. The standard InChI is InChI=1S/C24H20N4O2/c25-15-18(14-20-4-3-13-28(20)19-7-9-21(29)10-8-19)24(30)26-12-11-17-16-27-23-6-2-1-5-22(17)23/h1-10,13-14,16,27,29H,11-12H2,(H,26,30)/b18-14-. The topological polar surface area (TPSA) is 93.8 Å². The van der Waals surface area contributed by atoms with Crippen molar-refractivity contribution in [3.05, 3.63) is 89.9 Å². The molecule has 0 fully saturated rings. The number of fused-ring (bicyclic) bond motifs is 1. The maximum atomic E-state index is 12.5. The lowest BCUT2D eigenvalue weighted by molar-refractivity contribution is -0.117. The molecule has 0 aliphatic heterocycles. The van der Waals surface area contributed by atoms with Crippen molar-refractivity contribution in [2.24, 2.45) is 0 Å². The van der Waals surface area contributed by atoms with Crippen LogP contribution in [0.2, 0.25) is 0 Å². The highest BCUT2D eigenvalue weighted by molar-refractivity contribution is 6.01. The Morgan fingerprint density at radius 2 is 1.93 bits per heavy atom. The largest absolute Gasteiger partial charge is 0.508 e. The molecule has 2 aromatic heterocycles. The van der Waals surface area contributed by atoms with Gasteiger partial charge < -0.3 is 20.0 Å². The van der Waals surface area contributed by atoms with Crippen LogP contribution in [0.5, 0.6) is 5.75 Å². The molecule has 0 spiro atoms. The first-order chi connectivity index (χ1) is 14.7. The van der Waals surface area contributed by atoms with Gasteiger partial charge in [-0.05, 0) is 60.5 Å². The molecule has 6 heteroatoms. The van der Waals surface area contributed by atoms with Gasteiger partial charge in [0, 0.05) is 41.2 Å².